The van der Waals surface area contributed by atoms with E-state index in [-0.39, 0.29) is 22.5 Å². The quantitative estimate of drug-likeness (QED) is 0.918. The van der Waals surface area contributed by atoms with Crippen LogP contribution in [-0.4, -0.2) is 37.4 Å². The third kappa shape index (κ3) is 3.52. The van der Waals surface area contributed by atoms with Gasteiger partial charge in [-0.1, -0.05) is 6.07 Å². The molecule has 1 aromatic carbocycles. The van der Waals surface area contributed by atoms with Crippen molar-refractivity contribution in [3.8, 4) is 0 Å². The van der Waals surface area contributed by atoms with Crippen molar-refractivity contribution in [2.45, 2.75) is 0 Å². The van der Waals surface area contributed by atoms with Crippen LogP contribution in [0.5, 0.6) is 0 Å². The number of nitrogens with zero attached hydrogens (tertiary/aromatic N) is 1. The van der Waals surface area contributed by atoms with E-state index in [2.05, 4.69) is 21.2 Å². The Labute approximate surface area is 107 Å². The molecule has 0 radical (unpaired) electrons. The third-order valence-corrected chi connectivity index (χ3v) is 2.90. The zero-order valence-electron chi connectivity index (χ0n) is 9.46. The van der Waals surface area contributed by atoms with Gasteiger partial charge >= 0.3 is 0 Å². The Morgan fingerprint density at radius 2 is 2.06 bits per heavy atom. The van der Waals surface area contributed by atoms with E-state index in [0.29, 0.717) is 0 Å². The minimum Gasteiger partial charge on any atom is -0.347 e. The average molecular weight is 303 g/mol. The van der Waals surface area contributed by atoms with E-state index in [9.17, 15) is 14.0 Å². The maximum atomic E-state index is 13.2. The van der Waals surface area contributed by atoms with Crippen molar-refractivity contribution < 1.29 is 14.0 Å². The first-order valence-electron chi connectivity index (χ1n) is 4.86. The first kappa shape index (κ1) is 13.6. The fraction of sp³-hybridized carbons (Fsp3) is 0.273. The van der Waals surface area contributed by atoms with E-state index in [4.69, 9.17) is 0 Å². The van der Waals surface area contributed by atoms with Gasteiger partial charge < -0.3 is 10.2 Å². The Bertz CT molecular complexity index is 449. The van der Waals surface area contributed by atoms with Crippen molar-refractivity contribution in [3.63, 3.8) is 0 Å². The normalized spacial score (nSPS) is 9.88. The van der Waals surface area contributed by atoms with Crippen molar-refractivity contribution in [2.75, 3.05) is 20.6 Å². The molecule has 0 heterocycles. The van der Waals surface area contributed by atoms with Gasteiger partial charge in [-0.3, -0.25) is 9.59 Å². The molecular formula is C11H12BrFN2O2. The number of halogens is 2. The largest absolute Gasteiger partial charge is 0.347 e. The van der Waals surface area contributed by atoms with Crippen LogP contribution < -0.4 is 5.32 Å². The van der Waals surface area contributed by atoms with Gasteiger partial charge in [0.2, 0.25) is 5.91 Å². The van der Waals surface area contributed by atoms with Crippen molar-refractivity contribution in [1.82, 2.24) is 10.2 Å². The minimum atomic E-state index is -0.517. The van der Waals surface area contributed by atoms with E-state index >= 15 is 0 Å². The van der Waals surface area contributed by atoms with E-state index in [1.165, 1.54) is 23.1 Å². The molecule has 92 valence electrons. The maximum Gasteiger partial charge on any atom is 0.252 e. The molecule has 1 rings (SSSR count). The highest BCUT2D eigenvalue weighted by molar-refractivity contribution is 9.10. The summed E-state index contributed by atoms with van der Waals surface area (Å²) < 4.78 is 13.3. The second-order valence-electron chi connectivity index (χ2n) is 3.57. The standard InChI is InChI=1S/C11H12BrFN2O2/c1-15(2)9(16)6-14-11(17)7-4-3-5-8(13)10(7)12/h3-5H,6H2,1-2H3,(H,14,17). The number of amides is 2. The minimum absolute atomic E-state index is 0.0924. The Kier molecular flexibility index (Phi) is 4.62. The number of hydrogen-bond acceptors (Lipinski definition) is 2. The molecule has 0 aliphatic carbocycles. The third-order valence-electron chi connectivity index (χ3n) is 2.10. The SMILES string of the molecule is CN(C)C(=O)CNC(=O)c1cccc(F)c1Br. The molecule has 4 nitrogen and oxygen atoms in total. The molecule has 0 saturated heterocycles. The van der Waals surface area contributed by atoms with Crippen molar-refractivity contribution in [1.29, 1.82) is 0 Å². The summed E-state index contributed by atoms with van der Waals surface area (Å²) >= 11 is 2.99. The van der Waals surface area contributed by atoms with Crippen LogP contribution in [0, 0.1) is 5.82 Å². The van der Waals surface area contributed by atoms with Crippen molar-refractivity contribution in [2.24, 2.45) is 0 Å². The highest BCUT2D eigenvalue weighted by Gasteiger charge is 2.14. The summed E-state index contributed by atoms with van der Waals surface area (Å²) in [5, 5.41) is 2.42. The predicted octanol–water partition coefficient (Wildman–Crippen LogP) is 1.41. The highest BCUT2D eigenvalue weighted by Crippen LogP contribution is 2.19. The van der Waals surface area contributed by atoms with Crippen LogP contribution in [-0.2, 0) is 4.79 Å². The fourth-order valence-electron chi connectivity index (χ4n) is 1.09. The van der Waals surface area contributed by atoms with Gasteiger partial charge in [0.25, 0.3) is 5.91 Å². The molecule has 6 heteroatoms. The molecule has 2 amide bonds. The molecule has 0 bridgehead atoms. The van der Waals surface area contributed by atoms with Gasteiger partial charge in [-0.25, -0.2) is 4.39 Å². The maximum absolute atomic E-state index is 13.2. The van der Waals surface area contributed by atoms with Crippen LogP contribution in [0.4, 0.5) is 4.39 Å². The van der Waals surface area contributed by atoms with Gasteiger partial charge in [0, 0.05) is 14.1 Å². The number of carbonyl (C=O) groups excluding carboxylic acids is 2. The number of carbonyl (C=O) groups is 2. The number of likely N-dealkylation sites (N-methyl/N-ethyl adjacent to an activating group) is 1. The van der Waals surface area contributed by atoms with Crippen LogP contribution in [0.2, 0.25) is 0 Å². The molecule has 0 saturated carbocycles. The first-order chi connectivity index (χ1) is 7.93. The second kappa shape index (κ2) is 5.77. The van der Waals surface area contributed by atoms with E-state index < -0.39 is 11.7 Å². The van der Waals surface area contributed by atoms with E-state index in [0.717, 1.165) is 0 Å². The summed E-state index contributed by atoms with van der Waals surface area (Å²) in [6, 6.07) is 4.15. The average Bonchev–Trinajstić information content (AvgIpc) is 2.29. The lowest BCUT2D eigenvalue weighted by Gasteiger charge is -2.11. The lowest BCUT2D eigenvalue weighted by Crippen LogP contribution is -2.36. The molecule has 0 aliphatic rings. The van der Waals surface area contributed by atoms with Gasteiger partial charge in [-0.15, -0.1) is 0 Å². The molecule has 0 aliphatic heterocycles. The summed E-state index contributed by atoms with van der Waals surface area (Å²) in [7, 11) is 3.18. The Morgan fingerprint density at radius 1 is 1.41 bits per heavy atom. The second-order valence-corrected chi connectivity index (χ2v) is 4.37. The number of hydrogen-bond donors (Lipinski definition) is 1. The Balaban J connectivity index is 2.71. The monoisotopic (exact) mass is 302 g/mol. The smallest absolute Gasteiger partial charge is 0.252 e. The van der Waals surface area contributed by atoms with Crippen molar-refractivity contribution in [3.05, 3.63) is 34.1 Å². The fourth-order valence-corrected chi connectivity index (χ4v) is 1.53. The Hall–Kier alpha value is -1.43. The summed E-state index contributed by atoms with van der Waals surface area (Å²) in [6.07, 6.45) is 0. The summed E-state index contributed by atoms with van der Waals surface area (Å²) in [6.45, 7) is -0.116. The van der Waals surface area contributed by atoms with Gasteiger partial charge in [0.05, 0.1) is 16.6 Å². The topological polar surface area (TPSA) is 49.4 Å². The van der Waals surface area contributed by atoms with Crippen LogP contribution in [0.15, 0.2) is 22.7 Å². The van der Waals surface area contributed by atoms with Gasteiger partial charge in [-0.05, 0) is 28.1 Å². The summed E-state index contributed by atoms with van der Waals surface area (Å²) in [5.74, 6) is -1.24. The molecule has 0 unspecified atom stereocenters. The molecule has 0 fully saturated rings. The molecule has 17 heavy (non-hydrogen) atoms. The molecule has 0 aromatic heterocycles. The summed E-state index contributed by atoms with van der Waals surface area (Å²) in [5.41, 5.74) is 0.163. The molecule has 0 spiro atoms. The molecule has 1 N–H and O–H groups in total. The number of rotatable bonds is 3. The van der Waals surface area contributed by atoms with E-state index in [1.54, 1.807) is 14.1 Å². The van der Waals surface area contributed by atoms with Gasteiger partial charge in [0.15, 0.2) is 0 Å². The highest BCUT2D eigenvalue weighted by atomic mass is 79.9. The summed E-state index contributed by atoms with van der Waals surface area (Å²) in [4.78, 5) is 24.3. The zero-order chi connectivity index (χ0) is 13.0. The van der Waals surface area contributed by atoms with Crippen LogP contribution in [0.3, 0.4) is 0 Å². The first-order valence-corrected chi connectivity index (χ1v) is 5.65. The van der Waals surface area contributed by atoms with Gasteiger partial charge in [0.1, 0.15) is 5.82 Å². The lowest BCUT2D eigenvalue weighted by molar-refractivity contribution is -0.127. The number of nitrogens with one attached hydrogen (secondary N) is 1. The van der Waals surface area contributed by atoms with Crippen molar-refractivity contribution >= 4 is 27.7 Å². The van der Waals surface area contributed by atoms with Gasteiger partial charge in [-0.2, -0.15) is 0 Å². The lowest BCUT2D eigenvalue weighted by atomic mass is 10.2. The molecular weight excluding hydrogens is 291 g/mol. The predicted molar refractivity (Wildman–Crippen MR) is 65.1 cm³/mol. The zero-order valence-corrected chi connectivity index (χ0v) is 11.0. The van der Waals surface area contributed by atoms with E-state index in [1.807, 2.05) is 0 Å². The molecule has 0 atom stereocenters. The number of benzene rings is 1. The Morgan fingerprint density at radius 3 is 2.65 bits per heavy atom. The van der Waals surface area contributed by atoms with Crippen LogP contribution in [0.1, 0.15) is 10.4 Å². The van der Waals surface area contributed by atoms with Crippen LogP contribution >= 0.6 is 15.9 Å². The molecule has 1 aromatic rings. The van der Waals surface area contributed by atoms with Crippen LogP contribution in [0.25, 0.3) is 0 Å².